The van der Waals surface area contributed by atoms with Crippen LogP contribution in [0.15, 0.2) is 36.4 Å². The standard InChI is InChI=1S/C13H12N4O3/c1-8-4-2-6-10(12(8)17(18)19)20-11-7-3-5-9(16-11)13(14)15/h2-7H,1H3,(H3,14,15). The summed E-state index contributed by atoms with van der Waals surface area (Å²) in [5.74, 6) is 0.0452. The Morgan fingerprint density at radius 2 is 2.05 bits per heavy atom. The average Bonchev–Trinajstić information content (AvgIpc) is 2.38. The van der Waals surface area contributed by atoms with Crippen molar-refractivity contribution in [2.75, 3.05) is 0 Å². The molecule has 0 amide bonds. The molecule has 0 aliphatic carbocycles. The van der Waals surface area contributed by atoms with E-state index in [1.165, 1.54) is 6.07 Å². The monoisotopic (exact) mass is 272 g/mol. The highest BCUT2D eigenvalue weighted by Gasteiger charge is 2.19. The normalized spacial score (nSPS) is 10.1. The van der Waals surface area contributed by atoms with Gasteiger partial charge in [-0.2, -0.15) is 0 Å². The van der Waals surface area contributed by atoms with Crippen molar-refractivity contribution in [2.24, 2.45) is 5.73 Å². The van der Waals surface area contributed by atoms with Gasteiger partial charge < -0.3 is 10.5 Å². The molecule has 0 fully saturated rings. The molecule has 7 nitrogen and oxygen atoms in total. The first-order chi connectivity index (χ1) is 9.49. The molecule has 0 saturated carbocycles. The van der Waals surface area contributed by atoms with E-state index in [1.807, 2.05) is 0 Å². The van der Waals surface area contributed by atoms with Crippen LogP contribution < -0.4 is 10.5 Å². The lowest BCUT2D eigenvalue weighted by molar-refractivity contribution is -0.386. The number of amidine groups is 1. The first kappa shape index (κ1) is 13.5. The van der Waals surface area contributed by atoms with Gasteiger partial charge in [-0.05, 0) is 19.1 Å². The third-order valence-electron chi connectivity index (χ3n) is 2.60. The Kier molecular flexibility index (Phi) is 3.60. The molecule has 2 rings (SSSR count). The van der Waals surface area contributed by atoms with Gasteiger partial charge >= 0.3 is 5.69 Å². The minimum atomic E-state index is -0.501. The largest absolute Gasteiger partial charge is 0.432 e. The molecule has 20 heavy (non-hydrogen) atoms. The van der Waals surface area contributed by atoms with Crippen LogP contribution in [-0.2, 0) is 0 Å². The maximum atomic E-state index is 11.1. The van der Waals surface area contributed by atoms with Crippen molar-refractivity contribution in [3.05, 3.63) is 57.8 Å². The minimum absolute atomic E-state index is 0.100. The third-order valence-corrected chi connectivity index (χ3v) is 2.60. The van der Waals surface area contributed by atoms with Crippen LogP contribution in [0.4, 0.5) is 5.69 Å². The molecule has 0 radical (unpaired) electrons. The summed E-state index contributed by atoms with van der Waals surface area (Å²) in [6.45, 7) is 1.63. The van der Waals surface area contributed by atoms with Crippen molar-refractivity contribution in [1.29, 1.82) is 5.41 Å². The second kappa shape index (κ2) is 5.35. The Bertz CT molecular complexity index is 685. The Morgan fingerprint density at radius 1 is 1.35 bits per heavy atom. The molecule has 3 N–H and O–H groups in total. The van der Waals surface area contributed by atoms with E-state index in [1.54, 1.807) is 37.3 Å². The number of nitrogens with zero attached hydrogens (tertiary/aromatic N) is 2. The number of ether oxygens (including phenoxy) is 1. The van der Waals surface area contributed by atoms with Crippen molar-refractivity contribution in [2.45, 2.75) is 6.92 Å². The van der Waals surface area contributed by atoms with E-state index in [-0.39, 0.29) is 28.8 Å². The molecule has 0 aliphatic rings. The van der Waals surface area contributed by atoms with Gasteiger partial charge in [0.15, 0.2) is 0 Å². The van der Waals surface area contributed by atoms with Crippen LogP contribution in [0.5, 0.6) is 11.6 Å². The van der Waals surface area contributed by atoms with Crippen molar-refractivity contribution < 1.29 is 9.66 Å². The van der Waals surface area contributed by atoms with Gasteiger partial charge in [-0.15, -0.1) is 0 Å². The van der Waals surface area contributed by atoms with E-state index < -0.39 is 4.92 Å². The van der Waals surface area contributed by atoms with Crippen molar-refractivity contribution in [3.8, 4) is 11.6 Å². The Morgan fingerprint density at radius 3 is 2.70 bits per heavy atom. The van der Waals surface area contributed by atoms with Crippen LogP contribution in [0.1, 0.15) is 11.3 Å². The zero-order chi connectivity index (χ0) is 14.7. The SMILES string of the molecule is Cc1cccc(Oc2cccc(C(=N)N)n2)c1[N+](=O)[O-]. The number of aryl methyl sites for hydroxylation is 1. The van der Waals surface area contributed by atoms with E-state index in [9.17, 15) is 10.1 Å². The van der Waals surface area contributed by atoms with Gasteiger partial charge in [0.05, 0.1) is 4.92 Å². The van der Waals surface area contributed by atoms with Crippen LogP contribution in [0, 0.1) is 22.4 Å². The molecule has 7 heteroatoms. The van der Waals surface area contributed by atoms with Gasteiger partial charge in [0.1, 0.15) is 11.5 Å². The van der Waals surface area contributed by atoms with Crippen LogP contribution >= 0.6 is 0 Å². The Labute approximate surface area is 114 Å². The number of hydrogen-bond acceptors (Lipinski definition) is 5. The average molecular weight is 272 g/mol. The van der Waals surface area contributed by atoms with Crippen molar-refractivity contribution in [1.82, 2.24) is 4.98 Å². The quantitative estimate of drug-likeness (QED) is 0.383. The van der Waals surface area contributed by atoms with E-state index in [0.29, 0.717) is 5.56 Å². The lowest BCUT2D eigenvalue weighted by Gasteiger charge is -2.07. The number of nitro groups is 1. The van der Waals surface area contributed by atoms with E-state index in [4.69, 9.17) is 15.9 Å². The number of para-hydroxylation sites is 1. The number of nitrogens with one attached hydrogen (secondary N) is 1. The number of hydrogen-bond donors (Lipinski definition) is 2. The number of benzene rings is 1. The van der Waals surface area contributed by atoms with E-state index >= 15 is 0 Å². The molecule has 2 aromatic rings. The summed E-state index contributed by atoms with van der Waals surface area (Å²) >= 11 is 0. The molecular formula is C13H12N4O3. The lowest BCUT2D eigenvalue weighted by atomic mass is 10.2. The number of nitrogen functional groups attached to an aromatic ring is 1. The minimum Gasteiger partial charge on any atom is -0.432 e. The predicted octanol–water partition coefficient (Wildman–Crippen LogP) is 2.37. The summed E-state index contributed by atoms with van der Waals surface area (Å²) in [6.07, 6.45) is 0. The first-order valence-corrected chi connectivity index (χ1v) is 5.72. The van der Waals surface area contributed by atoms with Gasteiger partial charge in [-0.25, -0.2) is 4.98 Å². The first-order valence-electron chi connectivity index (χ1n) is 5.72. The van der Waals surface area contributed by atoms with Gasteiger partial charge in [0.2, 0.25) is 11.6 Å². The van der Waals surface area contributed by atoms with Gasteiger partial charge in [-0.1, -0.05) is 18.2 Å². The lowest BCUT2D eigenvalue weighted by Crippen LogP contribution is -2.13. The predicted molar refractivity (Wildman–Crippen MR) is 73.2 cm³/mol. The summed E-state index contributed by atoms with van der Waals surface area (Å²) in [5, 5.41) is 18.4. The highest BCUT2D eigenvalue weighted by atomic mass is 16.6. The van der Waals surface area contributed by atoms with Gasteiger partial charge in [0, 0.05) is 11.6 Å². The molecule has 1 heterocycles. The summed E-state index contributed by atoms with van der Waals surface area (Å²) in [7, 11) is 0. The van der Waals surface area contributed by atoms with Crippen LogP contribution in [0.25, 0.3) is 0 Å². The van der Waals surface area contributed by atoms with Gasteiger partial charge in [0.25, 0.3) is 0 Å². The van der Waals surface area contributed by atoms with E-state index in [2.05, 4.69) is 4.98 Å². The second-order valence-electron chi connectivity index (χ2n) is 4.06. The highest BCUT2D eigenvalue weighted by molar-refractivity contribution is 5.93. The Hall–Kier alpha value is -2.96. The Balaban J connectivity index is 2.40. The fourth-order valence-corrected chi connectivity index (χ4v) is 1.68. The molecule has 102 valence electrons. The third kappa shape index (κ3) is 2.72. The molecule has 0 bridgehead atoms. The number of pyridine rings is 1. The summed E-state index contributed by atoms with van der Waals surface area (Å²) < 4.78 is 5.44. The zero-order valence-electron chi connectivity index (χ0n) is 10.7. The summed E-state index contributed by atoms with van der Waals surface area (Å²) in [6, 6.07) is 9.49. The molecule has 0 saturated heterocycles. The van der Waals surface area contributed by atoms with Crippen LogP contribution in [0.3, 0.4) is 0 Å². The fraction of sp³-hybridized carbons (Fsp3) is 0.0769. The molecule has 1 aromatic heterocycles. The molecule has 0 unspecified atom stereocenters. The number of nitrogens with two attached hydrogens (primary N) is 1. The molecule has 1 aromatic carbocycles. The molecule has 0 atom stereocenters. The number of rotatable bonds is 4. The van der Waals surface area contributed by atoms with Gasteiger partial charge in [-0.3, -0.25) is 15.5 Å². The molecule has 0 spiro atoms. The van der Waals surface area contributed by atoms with Crippen LogP contribution in [-0.4, -0.2) is 15.7 Å². The molecular weight excluding hydrogens is 260 g/mol. The van der Waals surface area contributed by atoms with Crippen molar-refractivity contribution >= 4 is 11.5 Å². The summed E-state index contributed by atoms with van der Waals surface area (Å²) in [4.78, 5) is 14.6. The second-order valence-corrected chi connectivity index (χ2v) is 4.06. The zero-order valence-corrected chi connectivity index (χ0v) is 10.7. The van der Waals surface area contributed by atoms with E-state index in [0.717, 1.165) is 0 Å². The number of nitro benzene ring substituents is 1. The smallest absolute Gasteiger partial charge is 0.314 e. The maximum Gasteiger partial charge on any atom is 0.314 e. The van der Waals surface area contributed by atoms with Crippen LogP contribution in [0.2, 0.25) is 0 Å². The topological polar surface area (TPSA) is 115 Å². The maximum absolute atomic E-state index is 11.1. The fourth-order valence-electron chi connectivity index (χ4n) is 1.68. The van der Waals surface area contributed by atoms with Crippen molar-refractivity contribution in [3.63, 3.8) is 0 Å². The highest BCUT2D eigenvalue weighted by Crippen LogP contribution is 2.33. The molecule has 0 aliphatic heterocycles. The number of aromatic nitrogens is 1. The summed E-state index contributed by atoms with van der Waals surface area (Å²) in [5.41, 5.74) is 5.97.